The predicted molar refractivity (Wildman–Crippen MR) is 95.9 cm³/mol. The summed E-state index contributed by atoms with van der Waals surface area (Å²) >= 11 is 11.9. The molecule has 5 nitrogen and oxygen atoms in total. The molecule has 1 heterocycles. The molecule has 1 aromatic carbocycles. The molecule has 0 unspecified atom stereocenters. The fourth-order valence-corrected chi connectivity index (χ4v) is 5.16. The number of piperidine rings is 1. The van der Waals surface area contributed by atoms with E-state index >= 15 is 0 Å². The van der Waals surface area contributed by atoms with Crippen molar-refractivity contribution in [3.8, 4) is 0 Å². The lowest BCUT2D eigenvalue weighted by atomic mass is 9.96. The number of amides is 1. The first kappa shape index (κ1) is 19.5. The van der Waals surface area contributed by atoms with Gasteiger partial charge in [0.05, 0.1) is 5.02 Å². The molecule has 2 rings (SSSR count). The van der Waals surface area contributed by atoms with E-state index in [2.05, 4.69) is 0 Å². The molecular formula is C16H22Cl2N2O3S. The third kappa shape index (κ3) is 4.04. The molecule has 0 aromatic heterocycles. The highest BCUT2D eigenvalue weighted by Crippen LogP contribution is 2.30. The average molecular weight is 393 g/mol. The Bertz CT molecular complexity index is 697. The monoisotopic (exact) mass is 392 g/mol. The van der Waals surface area contributed by atoms with Crippen molar-refractivity contribution in [2.75, 3.05) is 26.2 Å². The highest BCUT2D eigenvalue weighted by Gasteiger charge is 2.34. The van der Waals surface area contributed by atoms with Crippen molar-refractivity contribution in [1.29, 1.82) is 0 Å². The molecule has 0 saturated carbocycles. The Hall–Kier alpha value is -0.820. The fraction of sp³-hybridized carbons (Fsp3) is 0.562. The lowest BCUT2D eigenvalue weighted by molar-refractivity contribution is -0.136. The minimum atomic E-state index is -3.70. The zero-order chi connectivity index (χ0) is 17.9. The second-order valence-corrected chi connectivity index (χ2v) is 8.51. The standard InChI is InChI=1S/C16H22Cl2N2O3S/c1-3-19(4-2)16(21)12-7-9-20(10-8-12)24(22,23)15-11-13(17)5-6-14(15)18/h5-6,11-12H,3-4,7-10H2,1-2H3. The van der Waals surface area contributed by atoms with Crippen LogP contribution in [0.25, 0.3) is 0 Å². The van der Waals surface area contributed by atoms with Gasteiger partial charge in [-0.15, -0.1) is 0 Å². The third-order valence-electron chi connectivity index (χ3n) is 4.39. The number of carbonyl (C=O) groups excluding carboxylic acids is 1. The Morgan fingerprint density at radius 1 is 1.21 bits per heavy atom. The van der Waals surface area contributed by atoms with Crippen molar-refractivity contribution in [3.05, 3.63) is 28.2 Å². The summed E-state index contributed by atoms with van der Waals surface area (Å²) in [4.78, 5) is 14.2. The van der Waals surface area contributed by atoms with Gasteiger partial charge in [0.15, 0.2) is 0 Å². The molecule has 0 N–H and O–H groups in total. The van der Waals surface area contributed by atoms with E-state index in [9.17, 15) is 13.2 Å². The summed E-state index contributed by atoms with van der Waals surface area (Å²) in [6.45, 7) is 5.86. The second-order valence-electron chi connectivity index (χ2n) is 5.76. The van der Waals surface area contributed by atoms with Crippen molar-refractivity contribution in [3.63, 3.8) is 0 Å². The molecule has 0 bridgehead atoms. The molecule has 24 heavy (non-hydrogen) atoms. The van der Waals surface area contributed by atoms with Crippen LogP contribution in [0.1, 0.15) is 26.7 Å². The molecule has 0 atom stereocenters. The topological polar surface area (TPSA) is 57.7 Å². The molecule has 0 radical (unpaired) electrons. The zero-order valence-corrected chi connectivity index (χ0v) is 16.2. The lowest BCUT2D eigenvalue weighted by Gasteiger charge is -2.33. The molecule has 1 aliphatic heterocycles. The van der Waals surface area contributed by atoms with Gasteiger partial charge in [0.25, 0.3) is 0 Å². The van der Waals surface area contributed by atoms with E-state index in [4.69, 9.17) is 23.2 Å². The Labute approximate surface area is 153 Å². The van der Waals surface area contributed by atoms with Crippen molar-refractivity contribution in [2.45, 2.75) is 31.6 Å². The van der Waals surface area contributed by atoms with Gasteiger partial charge in [-0.1, -0.05) is 23.2 Å². The summed E-state index contributed by atoms with van der Waals surface area (Å²) in [6, 6.07) is 4.40. The number of rotatable bonds is 5. The van der Waals surface area contributed by atoms with Gasteiger partial charge in [0.1, 0.15) is 4.90 Å². The Kier molecular flexibility index (Phi) is 6.53. The van der Waals surface area contributed by atoms with Crippen LogP contribution in [0.3, 0.4) is 0 Å². The number of carbonyl (C=O) groups is 1. The Balaban J connectivity index is 2.11. The maximum atomic E-state index is 12.8. The second kappa shape index (κ2) is 8.04. The van der Waals surface area contributed by atoms with Crippen molar-refractivity contribution < 1.29 is 13.2 Å². The quantitative estimate of drug-likeness (QED) is 0.772. The lowest BCUT2D eigenvalue weighted by Crippen LogP contribution is -2.44. The highest BCUT2D eigenvalue weighted by molar-refractivity contribution is 7.89. The van der Waals surface area contributed by atoms with E-state index in [0.29, 0.717) is 44.0 Å². The van der Waals surface area contributed by atoms with Crippen LogP contribution in [-0.2, 0) is 14.8 Å². The summed E-state index contributed by atoms with van der Waals surface area (Å²) in [5.74, 6) is -0.0102. The van der Waals surface area contributed by atoms with Crippen LogP contribution in [0, 0.1) is 5.92 Å². The van der Waals surface area contributed by atoms with Crippen molar-refractivity contribution in [2.24, 2.45) is 5.92 Å². The van der Waals surface area contributed by atoms with Gasteiger partial charge < -0.3 is 4.90 Å². The van der Waals surface area contributed by atoms with Gasteiger partial charge in [-0.2, -0.15) is 4.31 Å². The van der Waals surface area contributed by atoms with Gasteiger partial charge in [0, 0.05) is 37.1 Å². The van der Waals surface area contributed by atoms with Crippen LogP contribution in [0.15, 0.2) is 23.1 Å². The molecule has 1 amide bonds. The van der Waals surface area contributed by atoms with E-state index in [1.807, 2.05) is 13.8 Å². The van der Waals surface area contributed by atoms with E-state index < -0.39 is 10.0 Å². The molecule has 0 spiro atoms. The number of hydrogen-bond acceptors (Lipinski definition) is 3. The van der Waals surface area contributed by atoms with Gasteiger partial charge >= 0.3 is 0 Å². The molecular weight excluding hydrogens is 371 g/mol. The van der Waals surface area contributed by atoms with E-state index in [0.717, 1.165) is 0 Å². The molecule has 1 saturated heterocycles. The normalized spacial score (nSPS) is 17.0. The van der Waals surface area contributed by atoms with Crippen molar-refractivity contribution in [1.82, 2.24) is 9.21 Å². The van der Waals surface area contributed by atoms with Crippen molar-refractivity contribution >= 4 is 39.1 Å². The highest BCUT2D eigenvalue weighted by atomic mass is 35.5. The van der Waals surface area contributed by atoms with Gasteiger partial charge in [-0.05, 0) is 44.9 Å². The average Bonchev–Trinajstić information content (AvgIpc) is 2.58. The van der Waals surface area contributed by atoms with Crippen LogP contribution >= 0.6 is 23.2 Å². The van der Waals surface area contributed by atoms with Gasteiger partial charge in [-0.3, -0.25) is 4.79 Å². The number of hydrogen-bond donors (Lipinski definition) is 0. The van der Waals surface area contributed by atoms with E-state index in [1.54, 1.807) is 11.0 Å². The van der Waals surface area contributed by atoms with Crippen LogP contribution < -0.4 is 0 Å². The fourth-order valence-electron chi connectivity index (χ4n) is 2.95. The van der Waals surface area contributed by atoms with Crippen LogP contribution in [0.5, 0.6) is 0 Å². The summed E-state index contributed by atoms with van der Waals surface area (Å²) in [6.07, 6.45) is 1.04. The minimum absolute atomic E-state index is 0.0187. The number of halogens is 2. The molecule has 134 valence electrons. The maximum Gasteiger partial charge on any atom is 0.244 e. The summed E-state index contributed by atoms with van der Waals surface area (Å²) < 4.78 is 26.9. The first-order valence-corrected chi connectivity index (χ1v) is 10.2. The van der Waals surface area contributed by atoms with Gasteiger partial charge in [0.2, 0.25) is 15.9 Å². The number of benzene rings is 1. The van der Waals surface area contributed by atoms with Crippen LogP contribution in [0.2, 0.25) is 10.0 Å². The SMILES string of the molecule is CCN(CC)C(=O)C1CCN(S(=O)(=O)c2cc(Cl)ccc2Cl)CC1. The number of nitrogens with zero attached hydrogens (tertiary/aromatic N) is 2. The first-order chi connectivity index (χ1) is 11.3. The third-order valence-corrected chi connectivity index (χ3v) is 7.00. The van der Waals surface area contributed by atoms with Crippen LogP contribution in [-0.4, -0.2) is 49.7 Å². The summed E-state index contributed by atoms with van der Waals surface area (Å²) in [7, 11) is -3.70. The van der Waals surface area contributed by atoms with Crippen LogP contribution in [0.4, 0.5) is 0 Å². The predicted octanol–water partition coefficient (Wildman–Crippen LogP) is 3.26. The molecule has 1 fully saturated rings. The van der Waals surface area contributed by atoms with Gasteiger partial charge in [-0.25, -0.2) is 8.42 Å². The molecule has 8 heteroatoms. The Morgan fingerprint density at radius 3 is 2.33 bits per heavy atom. The smallest absolute Gasteiger partial charge is 0.244 e. The number of sulfonamides is 1. The molecule has 1 aromatic rings. The summed E-state index contributed by atoms with van der Waals surface area (Å²) in [5, 5.41) is 0.477. The maximum absolute atomic E-state index is 12.8. The van der Waals surface area contributed by atoms with E-state index in [-0.39, 0.29) is 21.7 Å². The summed E-state index contributed by atoms with van der Waals surface area (Å²) in [5.41, 5.74) is 0. The minimum Gasteiger partial charge on any atom is -0.343 e. The Morgan fingerprint density at radius 2 is 1.79 bits per heavy atom. The molecule has 0 aliphatic carbocycles. The van der Waals surface area contributed by atoms with E-state index in [1.165, 1.54) is 16.4 Å². The largest absolute Gasteiger partial charge is 0.343 e. The zero-order valence-electron chi connectivity index (χ0n) is 13.8. The first-order valence-electron chi connectivity index (χ1n) is 8.05. The molecule has 1 aliphatic rings.